The number of benzene rings is 3. The molecule has 26 heavy (non-hydrogen) atoms. The molecule has 0 aromatic heterocycles. The summed E-state index contributed by atoms with van der Waals surface area (Å²) in [6.45, 7) is 0.360. The van der Waals surface area contributed by atoms with Gasteiger partial charge in [0.1, 0.15) is 18.2 Å². The number of carboxylic acid groups (broad SMARTS) is 1. The van der Waals surface area contributed by atoms with Crippen molar-refractivity contribution in [3.05, 3.63) is 95.3 Å². The van der Waals surface area contributed by atoms with Crippen LogP contribution in [-0.2, 0) is 6.61 Å². The van der Waals surface area contributed by atoms with Gasteiger partial charge in [-0.15, -0.1) is 0 Å². The van der Waals surface area contributed by atoms with Gasteiger partial charge in [-0.3, -0.25) is 4.99 Å². The van der Waals surface area contributed by atoms with E-state index in [1.54, 1.807) is 30.5 Å². The van der Waals surface area contributed by atoms with Gasteiger partial charge in [0, 0.05) is 6.21 Å². The smallest absolute Gasteiger partial charge is 0.123 e. The zero-order valence-electron chi connectivity index (χ0n) is 13.8. The Labute approximate surface area is 150 Å². The van der Waals surface area contributed by atoms with Gasteiger partial charge >= 0.3 is 0 Å². The molecule has 0 N–H and O–H groups in total. The molecule has 0 fully saturated rings. The zero-order chi connectivity index (χ0) is 18.4. The fraction of sp³-hybridized carbons (Fsp3) is 0.0476. The summed E-state index contributed by atoms with van der Waals surface area (Å²) < 4.78 is 18.5. The Morgan fingerprint density at radius 1 is 0.962 bits per heavy atom. The number of carbonyl (C=O) groups is 1. The minimum Gasteiger partial charge on any atom is -0.545 e. The Balaban J connectivity index is 1.58. The van der Waals surface area contributed by atoms with Gasteiger partial charge in [0.25, 0.3) is 0 Å². The Morgan fingerprint density at radius 3 is 2.23 bits per heavy atom. The van der Waals surface area contributed by atoms with Crippen LogP contribution in [0, 0.1) is 5.82 Å². The van der Waals surface area contributed by atoms with Crippen molar-refractivity contribution in [1.82, 2.24) is 0 Å². The Morgan fingerprint density at radius 2 is 1.62 bits per heavy atom. The summed E-state index contributed by atoms with van der Waals surface area (Å²) in [5, 5.41) is 10.7. The van der Waals surface area contributed by atoms with Crippen molar-refractivity contribution in [2.45, 2.75) is 6.61 Å². The van der Waals surface area contributed by atoms with Crippen LogP contribution in [0.5, 0.6) is 5.75 Å². The molecule has 3 rings (SSSR count). The van der Waals surface area contributed by atoms with Gasteiger partial charge in [-0.1, -0.05) is 24.3 Å². The summed E-state index contributed by atoms with van der Waals surface area (Å²) >= 11 is 0. The highest BCUT2D eigenvalue weighted by Gasteiger charge is 1.98. The summed E-state index contributed by atoms with van der Waals surface area (Å²) in [4.78, 5) is 15.0. The minimum absolute atomic E-state index is 0.117. The first-order chi connectivity index (χ1) is 12.6. The highest BCUT2D eigenvalue weighted by molar-refractivity contribution is 5.86. The molecular formula is C21H15FNO3-. The first-order valence-corrected chi connectivity index (χ1v) is 7.93. The molecule has 0 aliphatic rings. The van der Waals surface area contributed by atoms with E-state index in [-0.39, 0.29) is 11.4 Å². The summed E-state index contributed by atoms with van der Waals surface area (Å²) in [6.07, 6.45) is 1.68. The first kappa shape index (κ1) is 17.4. The highest BCUT2D eigenvalue weighted by Crippen LogP contribution is 2.16. The third kappa shape index (κ3) is 4.77. The summed E-state index contributed by atoms with van der Waals surface area (Å²) in [5.41, 5.74) is 2.53. The van der Waals surface area contributed by atoms with Gasteiger partial charge in [-0.2, -0.15) is 0 Å². The van der Waals surface area contributed by atoms with Gasteiger partial charge < -0.3 is 14.6 Å². The molecule has 0 aliphatic carbocycles. The van der Waals surface area contributed by atoms with Gasteiger partial charge in [0.2, 0.25) is 0 Å². The largest absolute Gasteiger partial charge is 0.545 e. The predicted molar refractivity (Wildman–Crippen MR) is 95.2 cm³/mol. The monoisotopic (exact) mass is 348 g/mol. The molecule has 0 saturated carbocycles. The van der Waals surface area contributed by atoms with Crippen molar-refractivity contribution >= 4 is 17.9 Å². The van der Waals surface area contributed by atoms with E-state index in [1.165, 1.54) is 24.3 Å². The number of hydrogen-bond donors (Lipinski definition) is 0. The molecule has 4 nitrogen and oxygen atoms in total. The molecule has 3 aromatic carbocycles. The van der Waals surface area contributed by atoms with Crippen LogP contribution in [0.1, 0.15) is 21.5 Å². The summed E-state index contributed by atoms with van der Waals surface area (Å²) in [7, 11) is 0. The van der Waals surface area contributed by atoms with E-state index in [1.807, 2.05) is 24.3 Å². The van der Waals surface area contributed by atoms with Crippen molar-refractivity contribution in [2.75, 3.05) is 0 Å². The van der Waals surface area contributed by atoms with Crippen LogP contribution in [0.2, 0.25) is 0 Å². The Bertz CT molecular complexity index is 901. The average molecular weight is 348 g/mol. The maximum Gasteiger partial charge on any atom is 0.123 e. The molecule has 0 atom stereocenters. The molecule has 0 aliphatic heterocycles. The van der Waals surface area contributed by atoms with Gasteiger partial charge in [0.05, 0.1) is 11.7 Å². The van der Waals surface area contributed by atoms with Crippen molar-refractivity contribution in [1.29, 1.82) is 0 Å². The second-order valence-electron chi connectivity index (χ2n) is 5.58. The molecule has 0 amide bonds. The molecule has 0 heterocycles. The van der Waals surface area contributed by atoms with E-state index in [0.717, 1.165) is 11.1 Å². The standard InChI is InChI=1S/C21H16FNO3/c22-18-7-1-16(2-8-18)14-26-20-11-3-15(4-12-20)13-23-19-9-5-17(6-10-19)21(24)25/h1-13H,14H2,(H,24,25)/p-1. The molecule has 0 saturated heterocycles. The Kier molecular flexibility index (Phi) is 5.39. The van der Waals surface area contributed by atoms with Crippen LogP contribution in [0.4, 0.5) is 10.1 Å². The quantitative estimate of drug-likeness (QED) is 0.640. The molecule has 0 bridgehead atoms. The molecule has 0 spiro atoms. The van der Waals surface area contributed by atoms with E-state index in [4.69, 9.17) is 4.74 Å². The summed E-state index contributed by atoms with van der Waals surface area (Å²) in [5.74, 6) is -0.784. The van der Waals surface area contributed by atoms with Gasteiger partial charge in [-0.25, -0.2) is 4.39 Å². The lowest BCUT2D eigenvalue weighted by molar-refractivity contribution is -0.255. The maximum absolute atomic E-state index is 12.9. The number of rotatable bonds is 6. The van der Waals surface area contributed by atoms with E-state index >= 15 is 0 Å². The Hall–Kier alpha value is -3.47. The number of halogens is 1. The second-order valence-corrected chi connectivity index (χ2v) is 5.58. The normalized spacial score (nSPS) is 10.8. The lowest BCUT2D eigenvalue weighted by Crippen LogP contribution is -2.21. The van der Waals surface area contributed by atoms with Gasteiger partial charge in [-0.05, 0) is 65.2 Å². The predicted octanol–water partition coefficient (Wildman–Crippen LogP) is 3.52. The van der Waals surface area contributed by atoms with Crippen molar-refractivity contribution in [3.63, 3.8) is 0 Å². The number of nitrogens with zero attached hydrogens (tertiary/aromatic N) is 1. The number of carbonyl (C=O) groups excluding carboxylic acids is 1. The molecular weight excluding hydrogens is 333 g/mol. The third-order valence-electron chi connectivity index (χ3n) is 3.66. The van der Waals surface area contributed by atoms with Crippen molar-refractivity contribution in [2.24, 2.45) is 4.99 Å². The van der Waals surface area contributed by atoms with Crippen molar-refractivity contribution < 1.29 is 19.0 Å². The number of carboxylic acids is 1. The van der Waals surface area contributed by atoms with Crippen LogP contribution in [-0.4, -0.2) is 12.2 Å². The molecule has 130 valence electrons. The minimum atomic E-state index is -1.21. The maximum atomic E-state index is 12.9. The number of aliphatic imine (C=N–C) groups is 1. The van der Waals surface area contributed by atoms with Crippen molar-refractivity contribution in [3.8, 4) is 5.75 Å². The fourth-order valence-corrected chi connectivity index (χ4v) is 2.23. The molecule has 5 heteroatoms. The molecule has 3 aromatic rings. The number of ether oxygens (including phenoxy) is 1. The van der Waals surface area contributed by atoms with Crippen LogP contribution < -0.4 is 9.84 Å². The highest BCUT2D eigenvalue weighted by atomic mass is 19.1. The SMILES string of the molecule is O=C([O-])c1ccc(N=Cc2ccc(OCc3ccc(F)cc3)cc2)cc1. The van der Waals surface area contributed by atoms with Crippen LogP contribution in [0.3, 0.4) is 0 Å². The zero-order valence-corrected chi connectivity index (χ0v) is 13.8. The van der Waals surface area contributed by atoms with E-state index in [0.29, 0.717) is 18.0 Å². The fourth-order valence-electron chi connectivity index (χ4n) is 2.23. The van der Waals surface area contributed by atoms with Crippen LogP contribution in [0.25, 0.3) is 0 Å². The van der Waals surface area contributed by atoms with Crippen LogP contribution >= 0.6 is 0 Å². The van der Waals surface area contributed by atoms with Gasteiger partial charge in [0.15, 0.2) is 0 Å². The molecule has 0 unspecified atom stereocenters. The second kappa shape index (κ2) is 8.07. The lowest BCUT2D eigenvalue weighted by Gasteiger charge is -2.06. The van der Waals surface area contributed by atoms with Crippen LogP contribution in [0.15, 0.2) is 77.8 Å². The molecule has 0 radical (unpaired) electrons. The number of aromatic carboxylic acids is 1. The average Bonchev–Trinajstić information content (AvgIpc) is 2.67. The van der Waals surface area contributed by atoms with E-state index in [2.05, 4.69) is 4.99 Å². The third-order valence-corrected chi connectivity index (χ3v) is 3.66. The van der Waals surface area contributed by atoms with E-state index < -0.39 is 5.97 Å². The topological polar surface area (TPSA) is 61.7 Å². The van der Waals surface area contributed by atoms with E-state index in [9.17, 15) is 14.3 Å². The lowest BCUT2D eigenvalue weighted by atomic mass is 10.2. The number of hydrogen-bond acceptors (Lipinski definition) is 4. The first-order valence-electron chi connectivity index (χ1n) is 7.93. The summed E-state index contributed by atoms with van der Waals surface area (Å²) in [6, 6.07) is 19.7.